The van der Waals surface area contributed by atoms with Crippen LogP contribution in [0.3, 0.4) is 0 Å². The fraction of sp³-hybridized carbons (Fsp3) is 0.989. The normalized spacial score (nSPS) is 30.3. The minimum atomic E-state index is -0.690. The summed E-state index contributed by atoms with van der Waals surface area (Å²) in [6.07, 6.45) is 39.1. The van der Waals surface area contributed by atoms with Crippen LogP contribution >= 0.6 is 0 Å². The second-order valence-corrected chi connectivity index (χ2v) is 41.6. The van der Waals surface area contributed by atoms with Gasteiger partial charge in [-0.1, -0.05) is 158 Å². The van der Waals surface area contributed by atoms with Gasteiger partial charge in [0.2, 0.25) is 0 Å². The van der Waals surface area contributed by atoms with Crippen molar-refractivity contribution in [1.82, 2.24) is 0 Å². The molecular weight excluding hydrogens is 1230 g/mol. The highest BCUT2D eigenvalue weighted by molar-refractivity contribution is 5.67. The number of hydrogen-bond acceptors (Lipinski definition) is 9. The number of carboxylic acids is 1. The van der Waals surface area contributed by atoms with Crippen molar-refractivity contribution in [3.8, 4) is 0 Å². The molecule has 8 aliphatic carbocycles. The minimum absolute atomic E-state index is 0. The Kier molecular flexibility index (Phi) is 46.7. The van der Waals surface area contributed by atoms with Crippen molar-refractivity contribution in [2.75, 3.05) is 26.4 Å². The molecule has 0 atom stereocenters. The highest BCUT2D eigenvalue weighted by Gasteiger charge is 2.35. The van der Waals surface area contributed by atoms with Crippen LogP contribution in [-0.2, 0) is 42.7 Å². The molecule has 0 radical (unpaired) electrons. The predicted molar refractivity (Wildman–Crippen MR) is 427 cm³/mol. The molecule has 10 heteroatoms. The molecule has 1 N–H and O–H groups in total. The Bertz CT molecular complexity index is 1940. The summed E-state index contributed by atoms with van der Waals surface area (Å²) >= 11 is 0. The van der Waals surface area contributed by atoms with Crippen molar-refractivity contribution in [3.05, 3.63) is 0 Å². The van der Waals surface area contributed by atoms with Crippen LogP contribution in [0.2, 0.25) is 0 Å². The van der Waals surface area contributed by atoms with Crippen molar-refractivity contribution < 1.29 is 47.8 Å². The summed E-state index contributed by atoms with van der Waals surface area (Å²) < 4.78 is 46.7. The molecule has 8 fully saturated rings. The number of hydrogen-bond donors (Lipinski definition) is 1. The highest BCUT2D eigenvalue weighted by Crippen LogP contribution is 2.38. The average molecular weight is 1410 g/mol. The molecule has 0 aromatic heterocycles. The summed E-state index contributed by atoms with van der Waals surface area (Å²) in [5, 5.41) is 8.55. The molecule has 8 aliphatic rings. The van der Waals surface area contributed by atoms with E-state index in [-0.39, 0.29) is 35.2 Å². The third-order valence-electron chi connectivity index (χ3n) is 19.8. The van der Waals surface area contributed by atoms with E-state index >= 15 is 0 Å². The summed E-state index contributed by atoms with van der Waals surface area (Å²) in [5.74, 6) is 6.19. The Morgan fingerprint density at radius 2 is 0.505 bits per heavy atom. The van der Waals surface area contributed by atoms with Crippen LogP contribution < -0.4 is 0 Å². The third kappa shape index (κ3) is 56.2. The number of carbonyl (C=O) groups is 1. The highest BCUT2D eigenvalue weighted by atomic mass is 16.5. The molecule has 0 aromatic carbocycles. The van der Waals surface area contributed by atoms with E-state index in [9.17, 15) is 4.79 Å². The van der Waals surface area contributed by atoms with Crippen molar-refractivity contribution in [3.63, 3.8) is 0 Å². The van der Waals surface area contributed by atoms with Gasteiger partial charge in [-0.2, -0.15) is 0 Å². The van der Waals surface area contributed by atoms with E-state index in [0.29, 0.717) is 77.4 Å². The SMILES string of the molecule is C.CC(C)(C)COC1CC(CC(=O)O)C1.CC1CC(OC(C)(C)C)C1.CC1CC(OCC(C)(C)C)C1.CC1CCC(OC(C)(C)C)CC1.CC1CCC(OCC(C)(C)C)CC1.CCC1CC(OC(C)(C)C)C1.CCC1CCC(OC(C)(C)C)CC1.CCC1CCC(OCC(C)(C)C)CC1. The third-order valence-corrected chi connectivity index (χ3v) is 19.8. The van der Waals surface area contributed by atoms with Crippen molar-refractivity contribution in [2.45, 2.75) is 473 Å². The molecule has 0 heterocycles. The zero-order chi connectivity index (χ0) is 75.1. The molecular formula is C89H178O10. The van der Waals surface area contributed by atoms with Gasteiger partial charge >= 0.3 is 5.97 Å². The van der Waals surface area contributed by atoms with Gasteiger partial charge in [0, 0.05) is 6.42 Å². The van der Waals surface area contributed by atoms with E-state index in [4.69, 9.17) is 43.0 Å². The van der Waals surface area contributed by atoms with Gasteiger partial charge in [0.15, 0.2) is 0 Å². The molecule has 594 valence electrons. The molecule has 0 spiro atoms. The Labute approximate surface area is 619 Å². The van der Waals surface area contributed by atoms with E-state index < -0.39 is 5.97 Å². The smallest absolute Gasteiger partial charge is 0.303 e. The Morgan fingerprint density at radius 3 is 0.768 bits per heavy atom. The van der Waals surface area contributed by atoms with Crippen LogP contribution in [0, 0.1) is 69.0 Å². The lowest BCUT2D eigenvalue weighted by atomic mass is 9.80. The maximum atomic E-state index is 10.4. The summed E-state index contributed by atoms with van der Waals surface area (Å²) in [4.78, 5) is 10.4. The number of aliphatic carboxylic acids is 1. The Hall–Kier alpha value is -0.850. The first-order valence-corrected chi connectivity index (χ1v) is 41.2. The van der Waals surface area contributed by atoms with E-state index in [1.54, 1.807) is 0 Å². The Morgan fingerprint density at radius 1 is 0.283 bits per heavy atom. The molecule has 8 rings (SSSR count). The second-order valence-electron chi connectivity index (χ2n) is 41.6. The quantitative estimate of drug-likeness (QED) is 0.151. The molecule has 0 unspecified atom stereocenters. The van der Waals surface area contributed by atoms with Crippen LogP contribution in [0.1, 0.15) is 402 Å². The second kappa shape index (κ2) is 47.1. The first-order valence-electron chi connectivity index (χ1n) is 41.2. The molecule has 8 saturated carbocycles. The van der Waals surface area contributed by atoms with Crippen LogP contribution in [0.5, 0.6) is 0 Å². The number of carboxylic acid groups (broad SMARTS) is 1. The van der Waals surface area contributed by atoms with Crippen molar-refractivity contribution in [1.29, 1.82) is 0 Å². The Balaban J connectivity index is 0.00000111. The molecule has 0 amide bonds. The molecule has 0 aliphatic heterocycles. The predicted octanol–water partition coefficient (Wildman–Crippen LogP) is 26.2. The summed E-state index contributed by atoms with van der Waals surface area (Å²) in [6, 6.07) is 0. The van der Waals surface area contributed by atoms with Crippen LogP contribution in [0.25, 0.3) is 0 Å². The summed E-state index contributed by atoms with van der Waals surface area (Å²) in [6.45, 7) is 71.8. The maximum Gasteiger partial charge on any atom is 0.303 e. The van der Waals surface area contributed by atoms with Gasteiger partial charge in [0.25, 0.3) is 0 Å². The van der Waals surface area contributed by atoms with Gasteiger partial charge < -0.3 is 43.0 Å². The first-order chi connectivity index (χ1) is 44.8. The van der Waals surface area contributed by atoms with Gasteiger partial charge in [0.05, 0.1) is 97.7 Å². The van der Waals surface area contributed by atoms with Gasteiger partial charge in [-0.25, -0.2) is 0 Å². The fourth-order valence-electron chi connectivity index (χ4n) is 13.8. The molecule has 10 nitrogen and oxygen atoms in total. The van der Waals surface area contributed by atoms with Crippen molar-refractivity contribution >= 4 is 5.97 Å². The molecule has 0 bridgehead atoms. The largest absolute Gasteiger partial charge is 0.481 e. The molecule has 0 saturated heterocycles. The lowest BCUT2D eigenvalue weighted by molar-refractivity contribution is -0.141. The van der Waals surface area contributed by atoms with E-state index in [1.165, 1.54) is 161 Å². The van der Waals surface area contributed by atoms with Crippen LogP contribution in [-0.4, -0.2) is 109 Å². The zero-order valence-corrected chi connectivity index (χ0v) is 71.5. The average Bonchev–Trinajstić information content (AvgIpc) is 0.876. The lowest BCUT2D eigenvalue weighted by Gasteiger charge is -2.38. The summed E-state index contributed by atoms with van der Waals surface area (Å²) in [7, 11) is 0. The monoisotopic (exact) mass is 1410 g/mol. The first kappa shape index (κ1) is 98.2. The van der Waals surface area contributed by atoms with Crippen LogP contribution in [0.4, 0.5) is 0 Å². The summed E-state index contributed by atoms with van der Waals surface area (Å²) in [5.41, 5.74) is 1.39. The van der Waals surface area contributed by atoms with Gasteiger partial charge in [-0.15, -0.1) is 0 Å². The maximum absolute atomic E-state index is 10.4. The van der Waals surface area contributed by atoms with E-state index in [1.807, 2.05) is 0 Å². The minimum Gasteiger partial charge on any atom is -0.481 e. The van der Waals surface area contributed by atoms with Gasteiger partial charge in [-0.05, 0) is 306 Å². The van der Waals surface area contributed by atoms with E-state index in [0.717, 1.165) is 80.7 Å². The zero-order valence-electron chi connectivity index (χ0n) is 71.5. The topological polar surface area (TPSA) is 111 Å². The molecule has 99 heavy (non-hydrogen) atoms. The standard InChI is InChI=1S/C13H26O.2C12H24O.C11H20O3.C11H22O.2C10H20O.C9H18O.CH4/c1-5-11-6-8-12(9-7-11)14-10-13(2,3)4;1-10-5-7-11(8-6-10)13-9-12(2,3)4;1-5-10-6-8-11(9-7-10)13-12(2,3)4;1-11(2,3)7-14-9-4-8(5-9)6-10(12)13;1-9-5-7-10(8-6-9)12-11(2,3)4;1-8-5-9(6-8)11-7-10(2,3)4;1-5-8-6-9(7-8)11-10(2,3)4;1-7-5-8(6-7)10-9(2,3)4;/h11-12H,5-10H2,1-4H3;2*10-11H,5-9H2,1-4H3;8-9H,4-7H2,1-3H3,(H,12,13);9-10H,5-8H2,1-4H3;2*8-9H,5-7H2,1-4H3;7-8H,5-6H2,1-4H3;1H4. The van der Waals surface area contributed by atoms with Gasteiger partial charge in [-0.3, -0.25) is 4.79 Å². The number of rotatable bonds is 17. The lowest BCUT2D eigenvalue weighted by Crippen LogP contribution is -2.37. The van der Waals surface area contributed by atoms with E-state index in [2.05, 4.69) is 215 Å². The van der Waals surface area contributed by atoms with Crippen molar-refractivity contribution in [2.24, 2.45) is 69.0 Å². The van der Waals surface area contributed by atoms with Gasteiger partial charge in [0.1, 0.15) is 0 Å². The fourth-order valence-corrected chi connectivity index (χ4v) is 13.8. The van der Waals surface area contributed by atoms with Crippen LogP contribution in [0.15, 0.2) is 0 Å². The molecule has 0 aromatic rings. The number of ether oxygens (including phenoxy) is 8.